The molecule has 19 heavy (non-hydrogen) atoms. The van der Waals surface area contributed by atoms with Crippen LogP contribution in [-0.4, -0.2) is 18.2 Å². The molecule has 0 aliphatic heterocycles. The number of ether oxygens (including phenoxy) is 1. The minimum absolute atomic E-state index is 0.120. The maximum atomic E-state index is 7.96. The maximum absolute atomic E-state index is 7.96. The smallest absolute Gasteiger partial charge is 0.151 e. The zero-order valence-corrected chi connectivity index (χ0v) is 12.7. The average molecular weight is 262 g/mol. The van der Waals surface area contributed by atoms with E-state index in [9.17, 15) is 0 Å². The first kappa shape index (κ1) is 17.4. The Morgan fingerprint density at radius 3 is 2.42 bits per heavy atom. The summed E-state index contributed by atoms with van der Waals surface area (Å²) >= 11 is 0. The van der Waals surface area contributed by atoms with Gasteiger partial charge in [-0.2, -0.15) is 0 Å². The summed E-state index contributed by atoms with van der Waals surface area (Å²) in [6, 6.07) is 0. The van der Waals surface area contributed by atoms with Gasteiger partial charge in [-0.15, -0.1) is 0 Å². The summed E-state index contributed by atoms with van der Waals surface area (Å²) in [5.41, 5.74) is 0.757. The van der Waals surface area contributed by atoms with E-state index in [1.807, 2.05) is 52.0 Å². The number of hydrogen-bond acceptors (Lipinski definition) is 2. The molecule has 3 nitrogen and oxygen atoms in total. The lowest BCUT2D eigenvalue weighted by molar-refractivity contribution is 0.157. The summed E-state index contributed by atoms with van der Waals surface area (Å²) in [6.07, 6.45) is 11.3. The Morgan fingerprint density at radius 1 is 1.26 bits per heavy atom. The van der Waals surface area contributed by atoms with Gasteiger partial charge in [0.25, 0.3) is 0 Å². The molecule has 0 spiro atoms. The molecule has 0 aromatic rings. The van der Waals surface area contributed by atoms with Crippen molar-refractivity contribution in [2.75, 3.05) is 0 Å². The van der Waals surface area contributed by atoms with Crippen molar-refractivity contribution in [2.45, 2.75) is 53.6 Å². The highest BCUT2D eigenvalue weighted by Crippen LogP contribution is 2.11. The SMILES string of the molecule is C\C=C/C(=C\C(=C\CC)OC(C)C)C(=N)N=CCC. The summed E-state index contributed by atoms with van der Waals surface area (Å²) in [7, 11) is 0. The largest absolute Gasteiger partial charge is 0.491 e. The molecule has 0 aliphatic rings. The normalized spacial score (nSPS) is 13.8. The number of aliphatic imine (C=N–C) groups is 1. The molecular formula is C16H26N2O. The highest BCUT2D eigenvalue weighted by atomic mass is 16.5. The van der Waals surface area contributed by atoms with Crippen LogP contribution < -0.4 is 0 Å². The van der Waals surface area contributed by atoms with Gasteiger partial charge < -0.3 is 4.74 Å². The summed E-state index contributed by atoms with van der Waals surface area (Å²) in [5.74, 6) is 1.05. The maximum Gasteiger partial charge on any atom is 0.151 e. The summed E-state index contributed by atoms with van der Waals surface area (Å²) in [6.45, 7) is 9.98. The van der Waals surface area contributed by atoms with E-state index in [2.05, 4.69) is 11.9 Å². The van der Waals surface area contributed by atoms with Crippen LogP contribution >= 0.6 is 0 Å². The lowest BCUT2D eigenvalue weighted by atomic mass is 10.2. The van der Waals surface area contributed by atoms with Gasteiger partial charge in [0.2, 0.25) is 0 Å². The minimum atomic E-state index is 0.120. The van der Waals surface area contributed by atoms with Crippen molar-refractivity contribution in [3.05, 3.63) is 35.6 Å². The predicted molar refractivity (Wildman–Crippen MR) is 84.0 cm³/mol. The van der Waals surface area contributed by atoms with E-state index < -0.39 is 0 Å². The van der Waals surface area contributed by atoms with Gasteiger partial charge in [0.05, 0.1) is 6.10 Å². The van der Waals surface area contributed by atoms with Crippen molar-refractivity contribution in [3.8, 4) is 0 Å². The van der Waals surface area contributed by atoms with Crippen LogP contribution in [-0.2, 0) is 4.74 Å². The molecular weight excluding hydrogens is 236 g/mol. The van der Waals surface area contributed by atoms with E-state index in [4.69, 9.17) is 10.1 Å². The van der Waals surface area contributed by atoms with Gasteiger partial charge in [-0.3, -0.25) is 5.41 Å². The van der Waals surface area contributed by atoms with Crippen molar-refractivity contribution >= 4 is 12.1 Å². The fraction of sp³-hybridized carbons (Fsp3) is 0.500. The highest BCUT2D eigenvalue weighted by molar-refractivity contribution is 6.02. The van der Waals surface area contributed by atoms with Crippen LogP contribution in [0.2, 0.25) is 0 Å². The van der Waals surface area contributed by atoms with Gasteiger partial charge >= 0.3 is 0 Å². The molecule has 0 saturated heterocycles. The van der Waals surface area contributed by atoms with E-state index in [-0.39, 0.29) is 11.9 Å². The van der Waals surface area contributed by atoms with Crippen LogP contribution in [0, 0.1) is 5.41 Å². The number of nitrogens with one attached hydrogen (secondary N) is 1. The summed E-state index contributed by atoms with van der Waals surface area (Å²) in [5, 5.41) is 7.96. The highest BCUT2D eigenvalue weighted by Gasteiger charge is 2.04. The Morgan fingerprint density at radius 2 is 1.95 bits per heavy atom. The van der Waals surface area contributed by atoms with Crippen LogP contribution in [0.3, 0.4) is 0 Å². The Hall–Kier alpha value is -1.64. The van der Waals surface area contributed by atoms with Gasteiger partial charge in [-0.1, -0.05) is 26.0 Å². The predicted octanol–water partition coefficient (Wildman–Crippen LogP) is 4.67. The first-order valence-electron chi connectivity index (χ1n) is 6.87. The molecule has 0 unspecified atom stereocenters. The van der Waals surface area contributed by atoms with Crippen molar-refractivity contribution in [1.82, 2.24) is 0 Å². The van der Waals surface area contributed by atoms with Crippen LogP contribution in [0.25, 0.3) is 0 Å². The molecule has 0 heterocycles. The minimum Gasteiger partial charge on any atom is -0.491 e. The van der Waals surface area contributed by atoms with Gasteiger partial charge in [0.15, 0.2) is 5.84 Å². The second kappa shape index (κ2) is 10.3. The third-order valence-electron chi connectivity index (χ3n) is 2.10. The second-order valence-corrected chi connectivity index (χ2v) is 4.35. The van der Waals surface area contributed by atoms with E-state index in [0.29, 0.717) is 0 Å². The molecule has 0 atom stereocenters. The van der Waals surface area contributed by atoms with E-state index in [1.54, 1.807) is 6.21 Å². The molecule has 3 heteroatoms. The summed E-state index contributed by atoms with van der Waals surface area (Å²) < 4.78 is 5.72. The molecule has 0 radical (unpaired) electrons. The van der Waals surface area contributed by atoms with E-state index in [0.717, 1.165) is 24.2 Å². The molecule has 0 aromatic heterocycles. The van der Waals surface area contributed by atoms with Gasteiger partial charge in [0, 0.05) is 11.8 Å². The van der Waals surface area contributed by atoms with Gasteiger partial charge in [-0.25, -0.2) is 4.99 Å². The van der Waals surface area contributed by atoms with Crippen LogP contribution in [0.15, 0.2) is 40.6 Å². The Kier molecular flexibility index (Phi) is 9.41. The van der Waals surface area contributed by atoms with Crippen molar-refractivity contribution in [2.24, 2.45) is 4.99 Å². The van der Waals surface area contributed by atoms with Gasteiger partial charge in [-0.05, 0) is 45.8 Å². The van der Waals surface area contributed by atoms with Crippen molar-refractivity contribution in [1.29, 1.82) is 5.41 Å². The molecule has 0 amide bonds. The first-order chi connectivity index (χ1) is 9.04. The molecule has 0 aliphatic carbocycles. The number of allylic oxidation sites excluding steroid dienone is 3. The standard InChI is InChI=1S/C16H26N2O/c1-6-9-14(16(17)18-11-8-3)12-15(10-7-2)19-13(4)5/h6,9-13,17H,7-8H2,1-5H3/b9-6-,14-12+,15-10-,17-16?,18-11?. The lowest BCUT2D eigenvalue weighted by Gasteiger charge is -2.11. The Labute approximate surface area is 117 Å². The third-order valence-corrected chi connectivity index (χ3v) is 2.10. The molecule has 0 aromatic carbocycles. The molecule has 0 saturated carbocycles. The quantitative estimate of drug-likeness (QED) is 0.308. The van der Waals surface area contributed by atoms with E-state index >= 15 is 0 Å². The molecule has 0 rings (SSSR count). The topological polar surface area (TPSA) is 45.4 Å². The first-order valence-corrected chi connectivity index (χ1v) is 6.87. The van der Waals surface area contributed by atoms with E-state index in [1.165, 1.54) is 0 Å². The zero-order chi connectivity index (χ0) is 14.7. The fourth-order valence-corrected chi connectivity index (χ4v) is 1.40. The van der Waals surface area contributed by atoms with Crippen molar-refractivity contribution in [3.63, 3.8) is 0 Å². The molecule has 0 bridgehead atoms. The zero-order valence-electron chi connectivity index (χ0n) is 12.7. The Bertz CT molecular complexity index is 388. The number of rotatable bonds is 7. The van der Waals surface area contributed by atoms with Crippen LogP contribution in [0.5, 0.6) is 0 Å². The molecule has 1 N–H and O–H groups in total. The monoisotopic (exact) mass is 262 g/mol. The van der Waals surface area contributed by atoms with Crippen LogP contribution in [0.1, 0.15) is 47.5 Å². The average Bonchev–Trinajstić information content (AvgIpc) is 2.34. The fourth-order valence-electron chi connectivity index (χ4n) is 1.40. The molecule has 0 fully saturated rings. The number of hydrogen-bond donors (Lipinski definition) is 1. The summed E-state index contributed by atoms with van der Waals surface area (Å²) in [4.78, 5) is 4.11. The number of nitrogens with zero attached hydrogens (tertiary/aromatic N) is 1. The third kappa shape index (κ3) is 8.14. The van der Waals surface area contributed by atoms with Crippen LogP contribution in [0.4, 0.5) is 0 Å². The Balaban J connectivity index is 5.22. The van der Waals surface area contributed by atoms with Gasteiger partial charge in [0.1, 0.15) is 5.76 Å². The lowest BCUT2D eigenvalue weighted by Crippen LogP contribution is -2.03. The molecule has 106 valence electrons. The van der Waals surface area contributed by atoms with Crippen molar-refractivity contribution < 1.29 is 4.74 Å². The second-order valence-electron chi connectivity index (χ2n) is 4.35. The number of amidine groups is 1.